The molecule has 2 N–H and O–H groups in total. The molecular formula is C13H17ClN2O2S2. The van der Waals surface area contributed by atoms with Crippen LogP contribution in [0.4, 0.5) is 0 Å². The van der Waals surface area contributed by atoms with Crippen molar-refractivity contribution in [3.05, 3.63) is 21.3 Å². The minimum Gasteiger partial charge on any atom is -0.354 e. The van der Waals surface area contributed by atoms with Gasteiger partial charge in [-0.1, -0.05) is 11.6 Å². The third-order valence-electron chi connectivity index (χ3n) is 2.80. The van der Waals surface area contributed by atoms with Crippen molar-refractivity contribution in [2.45, 2.75) is 18.6 Å². The van der Waals surface area contributed by atoms with E-state index in [2.05, 4.69) is 10.6 Å². The van der Waals surface area contributed by atoms with Crippen molar-refractivity contribution in [2.75, 3.05) is 18.8 Å². The molecule has 4 nitrogen and oxygen atoms in total. The normalized spacial score (nSPS) is 14.1. The first-order valence-corrected chi connectivity index (χ1v) is 8.86. The van der Waals surface area contributed by atoms with E-state index in [1.54, 1.807) is 11.8 Å². The van der Waals surface area contributed by atoms with Gasteiger partial charge in [-0.25, -0.2) is 0 Å². The number of rotatable bonds is 8. The Kier molecular flexibility index (Phi) is 6.19. The van der Waals surface area contributed by atoms with Gasteiger partial charge in [0.05, 0.1) is 10.1 Å². The number of thiophene rings is 1. The van der Waals surface area contributed by atoms with Gasteiger partial charge < -0.3 is 10.6 Å². The molecule has 20 heavy (non-hydrogen) atoms. The molecule has 0 aromatic carbocycles. The fourth-order valence-corrected chi connectivity index (χ4v) is 3.66. The molecule has 0 spiro atoms. The third kappa shape index (κ3) is 5.73. The predicted octanol–water partition coefficient (Wildman–Crippen LogP) is 2.28. The van der Waals surface area contributed by atoms with Gasteiger partial charge in [-0.3, -0.25) is 9.59 Å². The lowest BCUT2D eigenvalue weighted by Gasteiger charge is -2.06. The first kappa shape index (κ1) is 15.7. The summed E-state index contributed by atoms with van der Waals surface area (Å²) in [6.45, 7) is 0.995. The van der Waals surface area contributed by atoms with Crippen molar-refractivity contribution in [1.82, 2.24) is 10.6 Å². The fourth-order valence-electron chi connectivity index (χ4n) is 1.60. The van der Waals surface area contributed by atoms with Gasteiger partial charge in [0.15, 0.2) is 0 Å². The van der Waals surface area contributed by atoms with Crippen LogP contribution in [0.2, 0.25) is 4.34 Å². The van der Waals surface area contributed by atoms with Gasteiger partial charge in [-0.15, -0.1) is 23.1 Å². The molecule has 0 saturated heterocycles. The van der Waals surface area contributed by atoms with E-state index < -0.39 is 0 Å². The molecule has 0 atom stereocenters. The number of amides is 2. The second kappa shape index (κ2) is 7.90. The highest BCUT2D eigenvalue weighted by Gasteiger charge is 2.28. The summed E-state index contributed by atoms with van der Waals surface area (Å²) >= 11 is 8.93. The van der Waals surface area contributed by atoms with E-state index in [-0.39, 0.29) is 17.7 Å². The number of thioether (sulfide) groups is 1. The molecule has 0 radical (unpaired) electrons. The highest BCUT2D eigenvalue weighted by Crippen LogP contribution is 2.28. The van der Waals surface area contributed by atoms with Crippen molar-refractivity contribution in [3.8, 4) is 0 Å². The summed E-state index contributed by atoms with van der Waals surface area (Å²) in [6, 6.07) is 3.84. The zero-order valence-corrected chi connectivity index (χ0v) is 13.4. The average molecular weight is 333 g/mol. The molecule has 1 heterocycles. The Bertz CT molecular complexity index is 475. The lowest BCUT2D eigenvalue weighted by Crippen LogP contribution is -2.36. The Balaban J connectivity index is 1.48. The maximum absolute atomic E-state index is 11.6. The van der Waals surface area contributed by atoms with Crippen molar-refractivity contribution in [3.63, 3.8) is 0 Å². The van der Waals surface area contributed by atoms with Gasteiger partial charge >= 0.3 is 0 Å². The van der Waals surface area contributed by atoms with E-state index in [1.807, 2.05) is 12.1 Å². The Morgan fingerprint density at radius 1 is 1.30 bits per heavy atom. The number of halogens is 1. The molecule has 0 unspecified atom stereocenters. The first-order chi connectivity index (χ1) is 9.65. The Labute approximate surface area is 131 Å². The van der Waals surface area contributed by atoms with Crippen molar-refractivity contribution in [2.24, 2.45) is 5.92 Å². The van der Waals surface area contributed by atoms with Crippen molar-refractivity contribution >= 4 is 46.5 Å². The van der Waals surface area contributed by atoms with Crippen LogP contribution in [-0.4, -0.2) is 30.7 Å². The maximum Gasteiger partial charge on any atom is 0.230 e. The number of carbonyl (C=O) groups excluding carboxylic acids is 2. The van der Waals surface area contributed by atoms with Crippen LogP contribution < -0.4 is 10.6 Å². The van der Waals surface area contributed by atoms with Gasteiger partial charge in [0.2, 0.25) is 11.8 Å². The summed E-state index contributed by atoms with van der Waals surface area (Å²) in [5.41, 5.74) is 0. The average Bonchev–Trinajstić information content (AvgIpc) is 3.19. The molecule has 1 aliphatic carbocycles. The fraction of sp³-hybridized carbons (Fsp3) is 0.538. The van der Waals surface area contributed by atoms with E-state index in [1.165, 1.54) is 16.2 Å². The van der Waals surface area contributed by atoms with Gasteiger partial charge in [-0.05, 0) is 25.0 Å². The monoisotopic (exact) mass is 332 g/mol. The molecule has 0 bridgehead atoms. The third-order valence-corrected chi connectivity index (χ3v) is 5.20. The van der Waals surface area contributed by atoms with Crippen LogP contribution in [0.25, 0.3) is 0 Å². The molecule has 1 aliphatic rings. The lowest BCUT2D eigenvalue weighted by molar-refractivity contribution is -0.123. The Hall–Kier alpha value is -0.720. The molecule has 7 heteroatoms. The van der Waals surface area contributed by atoms with E-state index in [0.717, 1.165) is 22.9 Å². The van der Waals surface area contributed by atoms with Gasteiger partial charge in [-0.2, -0.15) is 0 Å². The molecular weight excluding hydrogens is 316 g/mol. The molecule has 1 aromatic rings. The molecule has 1 fully saturated rings. The van der Waals surface area contributed by atoms with Gasteiger partial charge in [0, 0.05) is 29.6 Å². The zero-order chi connectivity index (χ0) is 14.4. The first-order valence-electron chi connectivity index (χ1n) is 6.51. The zero-order valence-electron chi connectivity index (χ0n) is 11.0. The quantitative estimate of drug-likeness (QED) is 0.718. The molecule has 110 valence electrons. The summed E-state index contributed by atoms with van der Waals surface area (Å²) in [7, 11) is 0. The SMILES string of the molecule is O=C(CSCc1ccc(Cl)s1)NCCNC(=O)C1CC1. The van der Waals surface area contributed by atoms with Crippen LogP contribution in [0.3, 0.4) is 0 Å². The second-order valence-corrected chi connectivity index (χ2v) is 7.40. The van der Waals surface area contributed by atoms with Crippen LogP contribution in [0.15, 0.2) is 12.1 Å². The van der Waals surface area contributed by atoms with Crippen LogP contribution in [-0.2, 0) is 15.3 Å². The maximum atomic E-state index is 11.6. The summed E-state index contributed by atoms with van der Waals surface area (Å²) in [4.78, 5) is 24.1. The number of hydrogen-bond acceptors (Lipinski definition) is 4. The number of carbonyl (C=O) groups is 2. The summed E-state index contributed by atoms with van der Waals surface area (Å²) in [5, 5.41) is 5.60. The van der Waals surface area contributed by atoms with E-state index in [4.69, 9.17) is 11.6 Å². The number of hydrogen-bond donors (Lipinski definition) is 2. The Morgan fingerprint density at radius 3 is 2.70 bits per heavy atom. The standard InChI is InChI=1S/C13H17ClN2O2S2/c14-11-4-3-10(20-11)7-19-8-12(17)15-5-6-16-13(18)9-1-2-9/h3-4,9H,1-2,5-8H2,(H,15,17)(H,16,18). The highest BCUT2D eigenvalue weighted by molar-refractivity contribution is 7.99. The highest BCUT2D eigenvalue weighted by atomic mass is 35.5. The van der Waals surface area contributed by atoms with E-state index in [0.29, 0.717) is 18.8 Å². The minimum atomic E-state index is -0.00155. The second-order valence-electron chi connectivity index (χ2n) is 4.61. The van der Waals surface area contributed by atoms with Gasteiger partial charge in [0.1, 0.15) is 0 Å². The topological polar surface area (TPSA) is 58.2 Å². The predicted molar refractivity (Wildman–Crippen MR) is 84.2 cm³/mol. The molecule has 1 aromatic heterocycles. The number of nitrogens with one attached hydrogen (secondary N) is 2. The van der Waals surface area contributed by atoms with Crippen molar-refractivity contribution < 1.29 is 9.59 Å². The van der Waals surface area contributed by atoms with Crippen molar-refractivity contribution in [1.29, 1.82) is 0 Å². The summed E-state index contributed by atoms with van der Waals surface area (Å²) in [6.07, 6.45) is 2.00. The summed E-state index contributed by atoms with van der Waals surface area (Å²) in [5.74, 6) is 1.55. The molecule has 1 saturated carbocycles. The van der Waals surface area contributed by atoms with Crippen LogP contribution in [0.5, 0.6) is 0 Å². The molecule has 0 aliphatic heterocycles. The van der Waals surface area contributed by atoms with Crippen LogP contribution in [0.1, 0.15) is 17.7 Å². The van der Waals surface area contributed by atoms with E-state index >= 15 is 0 Å². The van der Waals surface area contributed by atoms with Gasteiger partial charge in [0.25, 0.3) is 0 Å². The smallest absolute Gasteiger partial charge is 0.230 e. The van der Waals surface area contributed by atoms with Crippen LogP contribution >= 0.6 is 34.7 Å². The largest absolute Gasteiger partial charge is 0.354 e. The lowest BCUT2D eigenvalue weighted by atomic mass is 10.4. The van der Waals surface area contributed by atoms with Crippen LogP contribution in [0, 0.1) is 5.92 Å². The summed E-state index contributed by atoms with van der Waals surface area (Å²) < 4.78 is 0.774. The van der Waals surface area contributed by atoms with E-state index in [9.17, 15) is 9.59 Å². The molecule has 2 rings (SSSR count). The minimum absolute atomic E-state index is 0.00155. The Morgan fingerprint density at radius 2 is 2.05 bits per heavy atom. The molecule has 2 amide bonds.